The number of hydrogen-bond acceptors (Lipinski definition) is 7. The number of fused-ring (bicyclic) bond motifs is 1. The zero-order valence-electron chi connectivity index (χ0n) is 13.6. The Hall–Kier alpha value is -3.22. The average molecular weight is 344 g/mol. The molecule has 0 aromatic heterocycles. The van der Waals surface area contributed by atoms with Crippen LogP contribution in [0.3, 0.4) is 0 Å². The first kappa shape index (κ1) is 16.6. The van der Waals surface area contributed by atoms with Gasteiger partial charge < -0.3 is 24.4 Å². The van der Waals surface area contributed by atoms with Gasteiger partial charge in [-0.25, -0.2) is 0 Å². The van der Waals surface area contributed by atoms with E-state index in [-0.39, 0.29) is 22.8 Å². The van der Waals surface area contributed by atoms with Crippen LogP contribution in [0.5, 0.6) is 23.0 Å². The Labute approximate surface area is 143 Å². The summed E-state index contributed by atoms with van der Waals surface area (Å²) in [7, 11) is 1.42. The Morgan fingerprint density at radius 1 is 1.16 bits per heavy atom. The highest BCUT2D eigenvalue weighted by molar-refractivity contribution is 6.06. The number of phenols is 2. The minimum atomic E-state index is -1.26. The van der Waals surface area contributed by atoms with Crippen LogP contribution in [0.2, 0.25) is 0 Å². The minimum Gasteiger partial charge on any atom is -0.508 e. The average Bonchev–Trinajstić information content (AvgIpc) is 2.57. The molecule has 0 aliphatic carbocycles. The van der Waals surface area contributed by atoms with Crippen LogP contribution < -0.4 is 9.47 Å². The van der Waals surface area contributed by atoms with Crippen molar-refractivity contribution >= 4 is 11.8 Å². The summed E-state index contributed by atoms with van der Waals surface area (Å²) in [5.74, 6) is -1.05. The molecule has 0 radical (unpaired) electrons. The number of aromatic hydroxyl groups is 2. The van der Waals surface area contributed by atoms with E-state index in [0.29, 0.717) is 11.3 Å². The summed E-state index contributed by atoms with van der Waals surface area (Å²) in [5, 5.41) is 19.6. The van der Waals surface area contributed by atoms with E-state index in [0.717, 1.165) is 0 Å². The van der Waals surface area contributed by atoms with Crippen LogP contribution in [0.25, 0.3) is 0 Å². The lowest BCUT2D eigenvalue weighted by Gasteiger charge is -2.32. The summed E-state index contributed by atoms with van der Waals surface area (Å²) < 4.78 is 16.1. The number of Topliss-reactive ketones (excluding diaryl/α,β-unsaturated/α-hetero) is 1. The largest absolute Gasteiger partial charge is 0.508 e. The number of carbonyl (C=O) groups excluding carboxylic acids is 2. The molecule has 130 valence electrons. The Balaban J connectivity index is 2.10. The van der Waals surface area contributed by atoms with E-state index in [9.17, 15) is 19.8 Å². The number of methoxy groups -OCH3 is 1. The van der Waals surface area contributed by atoms with Gasteiger partial charge in [-0.15, -0.1) is 0 Å². The van der Waals surface area contributed by atoms with E-state index >= 15 is 0 Å². The maximum atomic E-state index is 12.8. The van der Waals surface area contributed by atoms with Crippen molar-refractivity contribution in [2.75, 3.05) is 7.11 Å². The van der Waals surface area contributed by atoms with Gasteiger partial charge in [-0.3, -0.25) is 9.59 Å². The van der Waals surface area contributed by atoms with Crippen LogP contribution in [-0.2, 0) is 9.53 Å². The summed E-state index contributed by atoms with van der Waals surface area (Å²) >= 11 is 0. The Bertz CT molecular complexity index is 826. The van der Waals surface area contributed by atoms with Crippen molar-refractivity contribution in [1.29, 1.82) is 0 Å². The third-order valence-corrected chi connectivity index (χ3v) is 3.84. The predicted molar refractivity (Wildman–Crippen MR) is 86.0 cm³/mol. The summed E-state index contributed by atoms with van der Waals surface area (Å²) in [4.78, 5) is 24.2. The molecule has 2 aromatic rings. The Kier molecular flexibility index (Phi) is 4.22. The van der Waals surface area contributed by atoms with Gasteiger partial charge in [0.2, 0.25) is 11.9 Å². The van der Waals surface area contributed by atoms with Crippen molar-refractivity contribution in [3.05, 3.63) is 47.5 Å². The smallest absolute Gasteiger partial charge is 0.303 e. The molecule has 0 saturated heterocycles. The van der Waals surface area contributed by atoms with Crippen LogP contribution in [0.15, 0.2) is 36.4 Å². The highest BCUT2D eigenvalue weighted by atomic mass is 16.6. The van der Waals surface area contributed by atoms with E-state index in [4.69, 9.17) is 14.2 Å². The van der Waals surface area contributed by atoms with Crippen molar-refractivity contribution in [3.63, 3.8) is 0 Å². The molecule has 0 unspecified atom stereocenters. The van der Waals surface area contributed by atoms with Gasteiger partial charge in [0.05, 0.1) is 7.11 Å². The summed E-state index contributed by atoms with van der Waals surface area (Å²) in [6, 6.07) is 8.76. The number of phenolic OH excluding ortho intramolecular Hbond substituents is 2. The molecule has 1 heterocycles. The van der Waals surface area contributed by atoms with E-state index in [1.165, 1.54) is 38.3 Å². The van der Waals surface area contributed by atoms with E-state index < -0.39 is 24.0 Å². The number of ether oxygens (including phenoxy) is 3. The molecule has 2 N–H and O–H groups in total. The molecule has 25 heavy (non-hydrogen) atoms. The quantitative estimate of drug-likeness (QED) is 0.824. The van der Waals surface area contributed by atoms with Crippen LogP contribution in [0.4, 0.5) is 0 Å². The predicted octanol–water partition coefficient (Wildman–Crippen LogP) is 2.35. The SMILES string of the molecule is COc1cc(O)c2c(c1)O[C@H](c1ccc(O)cc1)[C@H](OC(C)=O)C2=O. The lowest BCUT2D eigenvalue weighted by Crippen LogP contribution is -2.39. The van der Waals surface area contributed by atoms with Gasteiger partial charge in [-0.1, -0.05) is 12.1 Å². The number of rotatable bonds is 3. The number of carbonyl (C=O) groups is 2. The van der Waals surface area contributed by atoms with E-state index in [1.54, 1.807) is 12.1 Å². The third kappa shape index (κ3) is 3.08. The van der Waals surface area contributed by atoms with Gasteiger partial charge in [-0.05, 0) is 17.7 Å². The second kappa shape index (κ2) is 6.35. The molecule has 0 spiro atoms. The highest BCUT2D eigenvalue weighted by Gasteiger charge is 2.42. The van der Waals surface area contributed by atoms with Crippen molar-refractivity contribution in [1.82, 2.24) is 0 Å². The summed E-state index contributed by atoms with van der Waals surface area (Å²) in [5.41, 5.74) is 0.465. The monoisotopic (exact) mass is 344 g/mol. The summed E-state index contributed by atoms with van der Waals surface area (Å²) in [6.45, 7) is 1.19. The molecule has 1 aliphatic rings. The molecule has 0 amide bonds. The van der Waals surface area contributed by atoms with Crippen LogP contribution in [0.1, 0.15) is 28.9 Å². The second-order valence-corrected chi connectivity index (χ2v) is 5.54. The fourth-order valence-electron chi connectivity index (χ4n) is 2.71. The van der Waals surface area contributed by atoms with Crippen LogP contribution in [-0.4, -0.2) is 35.2 Å². The van der Waals surface area contributed by atoms with Crippen LogP contribution >= 0.6 is 0 Å². The van der Waals surface area contributed by atoms with E-state index in [1.807, 2.05) is 0 Å². The first-order chi connectivity index (χ1) is 11.9. The number of hydrogen-bond donors (Lipinski definition) is 2. The lowest BCUT2D eigenvalue weighted by atomic mass is 9.92. The van der Waals surface area contributed by atoms with Crippen LogP contribution in [0, 0.1) is 0 Å². The topological polar surface area (TPSA) is 102 Å². The molecule has 2 aromatic carbocycles. The van der Waals surface area contributed by atoms with Crippen molar-refractivity contribution < 1.29 is 34.0 Å². The van der Waals surface area contributed by atoms with Gasteiger partial charge >= 0.3 is 5.97 Å². The number of benzene rings is 2. The van der Waals surface area contributed by atoms with E-state index in [2.05, 4.69) is 0 Å². The lowest BCUT2D eigenvalue weighted by molar-refractivity contribution is -0.148. The standard InChI is InChI=1S/C18H16O7/c1-9(19)24-18-16(22)15-13(21)7-12(23-2)8-14(15)25-17(18)10-3-5-11(20)6-4-10/h3-8,17-18,20-21H,1-2H3/t17-,18-/m1/s1. The van der Waals surface area contributed by atoms with Crippen molar-refractivity contribution in [3.8, 4) is 23.0 Å². The van der Waals surface area contributed by atoms with Crippen molar-refractivity contribution in [2.24, 2.45) is 0 Å². The maximum Gasteiger partial charge on any atom is 0.303 e. The molecular weight excluding hydrogens is 328 g/mol. The third-order valence-electron chi connectivity index (χ3n) is 3.84. The van der Waals surface area contributed by atoms with Crippen molar-refractivity contribution in [2.45, 2.75) is 19.1 Å². The first-order valence-corrected chi connectivity index (χ1v) is 7.48. The Morgan fingerprint density at radius 2 is 1.84 bits per heavy atom. The fraction of sp³-hybridized carbons (Fsp3) is 0.222. The molecular formula is C18H16O7. The molecule has 3 rings (SSSR count). The molecule has 0 fully saturated rings. The molecule has 7 nitrogen and oxygen atoms in total. The molecule has 0 saturated carbocycles. The minimum absolute atomic E-state index is 0.0506. The molecule has 7 heteroatoms. The first-order valence-electron chi connectivity index (χ1n) is 7.48. The molecule has 2 atom stereocenters. The zero-order valence-corrected chi connectivity index (χ0v) is 13.6. The number of ketones is 1. The Morgan fingerprint density at radius 3 is 2.44 bits per heavy atom. The molecule has 0 bridgehead atoms. The van der Waals surface area contributed by atoms with Gasteiger partial charge in [0.15, 0.2) is 6.10 Å². The summed E-state index contributed by atoms with van der Waals surface area (Å²) in [6.07, 6.45) is -2.18. The van der Waals surface area contributed by atoms with Gasteiger partial charge in [0.25, 0.3) is 0 Å². The second-order valence-electron chi connectivity index (χ2n) is 5.54. The van der Waals surface area contributed by atoms with Gasteiger partial charge in [0, 0.05) is 19.1 Å². The normalized spacial score (nSPS) is 18.9. The molecule has 1 aliphatic heterocycles. The van der Waals surface area contributed by atoms with Gasteiger partial charge in [-0.2, -0.15) is 0 Å². The maximum absolute atomic E-state index is 12.8. The van der Waals surface area contributed by atoms with Gasteiger partial charge in [0.1, 0.15) is 28.6 Å². The zero-order chi connectivity index (χ0) is 18.1. The fourth-order valence-corrected chi connectivity index (χ4v) is 2.71. The number of esters is 1. The highest BCUT2D eigenvalue weighted by Crippen LogP contribution is 2.43.